The third-order valence-corrected chi connectivity index (χ3v) is 3.00. The van der Waals surface area contributed by atoms with Crippen LogP contribution in [0.15, 0.2) is 30.5 Å². The minimum Gasteiger partial charge on any atom is -0.388 e. The molecule has 0 aliphatic carbocycles. The van der Waals surface area contributed by atoms with Gasteiger partial charge in [-0.05, 0) is 43.9 Å². The second-order valence-corrected chi connectivity index (χ2v) is 5.74. The molecule has 1 rings (SSSR count). The summed E-state index contributed by atoms with van der Waals surface area (Å²) in [6, 6.07) is 5.51. The lowest BCUT2D eigenvalue weighted by atomic mass is 9.95. The second-order valence-electron chi connectivity index (χ2n) is 5.74. The van der Waals surface area contributed by atoms with E-state index in [1.807, 2.05) is 18.2 Å². The van der Waals surface area contributed by atoms with Crippen LogP contribution in [0.1, 0.15) is 39.3 Å². The van der Waals surface area contributed by atoms with Gasteiger partial charge in [-0.2, -0.15) is 0 Å². The van der Waals surface area contributed by atoms with Crippen molar-refractivity contribution in [1.82, 2.24) is 10.3 Å². The number of hydrogen-bond acceptors (Lipinski definition) is 3. The molecular formula is C16H24N2O2. The Hall–Kier alpha value is -1.68. The molecule has 4 nitrogen and oxygen atoms in total. The molecule has 0 aliphatic heterocycles. The van der Waals surface area contributed by atoms with Crippen LogP contribution in [-0.2, 0) is 4.79 Å². The molecule has 0 saturated heterocycles. The predicted molar refractivity (Wildman–Crippen MR) is 81.0 cm³/mol. The highest BCUT2D eigenvalue weighted by molar-refractivity contribution is 5.91. The fourth-order valence-corrected chi connectivity index (χ4v) is 1.66. The largest absolute Gasteiger partial charge is 0.388 e. The van der Waals surface area contributed by atoms with E-state index in [1.165, 1.54) is 6.08 Å². The molecule has 0 fully saturated rings. The zero-order chi connectivity index (χ0) is 15.0. The molecule has 0 aliphatic rings. The van der Waals surface area contributed by atoms with E-state index < -0.39 is 5.60 Å². The van der Waals surface area contributed by atoms with E-state index in [0.29, 0.717) is 12.3 Å². The van der Waals surface area contributed by atoms with Crippen LogP contribution < -0.4 is 5.32 Å². The third-order valence-electron chi connectivity index (χ3n) is 3.00. The summed E-state index contributed by atoms with van der Waals surface area (Å²) in [5.41, 5.74) is -0.132. The maximum absolute atomic E-state index is 11.7. The van der Waals surface area contributed by atoms with Crippen LogP contribution in [0.2, 0.25) is 0 Å². The topological polar surface area (TPSA) is 62.2 Å². The van der Waals surface area contributed by atoms with Gasteiger partial charge in [0.05, 0.1) is 11.3 Å². The lowest BCUT2D eigenvalue weighted by Gasteiger charge is -2.24. The highest BCUT2D eigenvalue weighted by atomic mass is 16.3. The Morgan fingerprint density at radius 3 is 2.85 bits per heavy atom. The second kappa shape index (κ2) is 7.80. The van der Waals surface area contributed by atoms with Gasteiger partial charge in [-0.1, -0.05) is 19.9 Å². The summed E-state index contributed by atoms with van der Waals surface area (Å²) in [5.74, 6) is 0.321. The Labute approximate surface area is 120 Å². The molecule has 1 unspecified atom stereocenters. The number of rotatable bonds is 7. The van der Waals surface area contributed by atoms with Gasteiger partial charge in [-0.15, -0.1) is 0 Å². The standard InChI is InChI=1S/C16H24N2O2/c1-13(2)9-10-16(3,20)12-18-15(19)8-7-14-6-4-5-11-17-14/h4-8,11,13,20H,9-10,12H2,1-3H3,(H,18,19)/b8-7+. The number of aromatic nitrogens is 1. The minimum absolute atomic E-state index is 0.222. The monoisotopic (exact) mass is 276 g/mol. The number of carbonyl (C=O) groups excluding carboxylic acids is 1. The molecular weight excluding hydrogens is 252 g/mol. The summed E-state index contributed by atoms with van der Waals surface area (Å²) in [4.78, 5) is 15.8. The lowest BCUT2D eigenvalue weighted by Crippen LogP contribution is -2.40. The molecule has 1 atom stereocenters. The Kier molecular flexibility index (Phi) is 6.39. The van der Waals surface area contributed by atoms with E-state index in [2.05, 4.69) is 24.1 Å². The zero-order valence-electron chi connectivity index (χ0n) is 12.5. The number of carbonyl (C=O) groups is 1. The fourth-order valence-electron chi connectivity index (χ4n) is 1.66. The molecule has 0 aromatic carbocycles. The van der Waals surface area contributed by atoms with Crippen molar-refractivity contribution in [2.24, 2.45) is 5.92 Å². The maximum Gasteiger partial charge on any atom is 0.244 e. The first-order chi connectivity index (χ1) is 9.39. The zero-order valence-corrected chi connectivity index (χ0v) is 12.5. The third kappa shape index (κ3) is 7.04. The van der Waals surface area contributed by atoms with Crippen LogP contribution in [0, 0.1) is 5.92 Å². The van der Waals surface area contributed by atoms with Crippen molar-refractivity contribution in [1.29, 1.82) is 0 Å². The van der Waals surface area contributed by atoms with Crippen molar-refractivity contribution in [3.05, 3.63) is 36.2 Å². The van der Waals surface area contributed by atoms with E-state index in [9.17, 15) is 9.90 Å². The van der Waals surface area contributed by atoms with Crippen LogP contribution in [0.4, 0.5) is 0 Å². The van der Waals surface area contributed by atoms with E-state index >= 15 is 0 Å². The highest BCUT2D eigenvalue weighted by Crippen LogP contribution is 2.15. The van der Waals surface area contributed by atoms with Gasteiger partial charge in [-0.25, -0.2) is 0 Å². The summed E-state index contributed by atoms with van der Waals surface area (Å²) in [6.07, 6.45) is 6.37. The molecule has 1 aromatic rings. The first kappa shape index (κ1) is 16.4. The van der Waals surface area contributed by atoms with Gasteiger partial charge < -0.3 is 10.4 Å². The first-order valence-electron chi connectivity index (χ1n) is 6.98. The number of nitrogens with one attached hydrogen (secondary N) is 1. The van der Waals surface area contributed by atoms with Crippen LogP contribution in [-0.4, -0.2) is 28.1 Å². The fraction of sp³-hybridized carbons (Fsp3) is 0.500. The molecule has 110 valence electrons. The molecule has 2 N–H and O–H groups in total. The van der Waals surface area contributed by atoms with E-state index in [4.69, 9.17) is 0 Å². The quantitative estimate of drug-likeness (QED) is 0.752. The van der Waals surface area contributed by atoms with E-state index in [1.54, 1.807) is 19.2 Å². The number of pyridine rings is 1. The van der Waals surface area contributed by atoms with E-state index in [-0.39, 0.29) is 12.5 Å². The van der Waals surface area contributed by atoms with Gasteiger partial charge in [0.2, 0.25) is 5.91 Å². The normalized spacial score (nSPS) is 14.4. The SMILES string of the molecule is CC(C)CCC(C)(O)CNC(=O)/C=C/c1ccccn1. The Bertz CT molecular complexity index is 439. The van der Waals surface area contributed by atoms with Gasteiger partial charge in [0.25, 0.3) is 0 Å². The molecule has 1 heterocycles. The summed E-state index contributed by atoms with van der Waals surface area (Å²) < 4.78 is 0. The van der Waals surface area contributed by atoms with Gasteiger partial charge in [-0.3, -0.25) is 9.78 Å². The van der Waals surface area contributed by atoms with Crippen molar-refractivity contribution in [3.8, 4) is 0 Å². The number of aliphatic hydroxyl groups is 1. The van der Waals surface area contributed by atoms with Crippen molar-refractivity contribution in [2.75, 3.05) is 6.54 Å². The number of amides is 1. The number of hydrogen-bond donors (Lipinski definition) is 2. The van der Waals surface area contributed by atoms with Gasteiger partial charge in [0.15, 0.2) is 0 Å². The molecule has 4 heteroatoms. The van der Waals surface area contributed by atoms with Crippen LogP contribution in [0.5, 0.6) is 0 Å². The summed E-state index contributed by atoms with van der Waals surface area (Å²) in [5, 5.41) is 12.9. The summed E-state index contributed by atoms with van der Waals surface area (Å²) in [7, 11) is 0. The molecule has 0 saturated carbocycles. The van der Waals surface area contributed by atoms with Crippen molar-refractivity contribution in [2.45, 2.75) is 39.2 Å². The smallest absolute Gasteiger partial charge is 0.244 e. The highest BCUT2D eigenvalue weighted by Gasteiger charge is 2.20. The maximum atomic E-state index is 11.7. The summed E-state index contributed by atoms with van der Waals surface area (Å²) >= 11 is 0. The van der Waals surface area contributed by atoms with Gasteiger partial charge in [0, 0.05) is 18.8 Å². The molecule has 20 heavy (non-hydrogen) atoms. The Morgan fingerprint density at radius 1 is 1.50 bits per heavy atom. The van der Waals surface area contributed by atoms with Gasteiger partial charge in [0.1, 0.15) is 0 Å². The van der Waals surface area contributed by atoms with Crippen LogP contribution in [0.25, 0.3) is 6.08 Å². The first-order valence-corrected chi connectivity index (χ1v) is 6.98. The molecule has 1 aromatic heterocycles. The van der Waals surface area contributed by atoms with Crippen LogP contribution >= 0.6 is 0 Å². The average molecular weight is 276 g/mol. The molecule has 0 radical (unpaired) electrons. The van der Waals surface area contributed by atoms with E-state index in [0.717, 1.165) is 12.1 Å². The summed E-state index contributed by atoms with van der Waals surface area (Å²) in [6.45, 7) is 6.23. The molecule has 1 amide bonds. The lowest BCUT2D eigenvalue weighted by molar-refractivity contribution is -0.117. The minimum atomic E-state index is -0.862. The Morgan fingerprint density at radius 2 is 2.25 bits per heavy atom. The Balaban J connectivity index is 2.37. The van der Waals surface area contributed by atoms with Crippen molar-refractivity contribution < 1.29 is 9.90 Å². The number of nitrogens with zero attached hydrogens (tertiary/aromatic N) is 1. The average Bonchev–Trinajstić information content (AvgIpc) is 2.42. The van der Waals surface area contributed by atoms with Crippen LogP contribution in [0.3, 0.4) is 0 Å². The predicted octanol–water partition coefficient (Wildman–Crippen LogP) is 2.40. The molecule has 0 spiro atoms. The van der Waals surface area contributed by atoms with Crippen molar-refractivity contribution in [3.63, 3.8) is 0 Å². The molecule has 0 bridgehead atoms. The van der Waals surface area contributed by atoms with Gasteiger partial charge >= 0.3 is 0 Å². The van der Waals surface area contributed by atoms with Crippen molar-refractivity contribution >= 4 is 12.0 Å².